The molecule has 0 radical (unpaired) electrons. The van der Waals surface area contributed by atoms with Crippen molar-refractivity contribution >= 4 is 33.9 Å². The number of halogens is 1. The molecule has 0 spiro atoms. The van der Waals surface area contributed by atoms with Gasteiger partial charge in [-0.1, -0.05) is 23.7 Å². The number of thiazole rings is 1. The summed E-state index contributed by atoms with van der Waals surface area (Å²) in [6.45, 7) is 0.934. The number of nitrogens with zero attached hydrogens (tertiary/aromatic N) is 2. The van der Waals surface area contributed by atoms with Crippen LogP contribution in [0.3, 0.4) is 0 Å². The van der Waals surface area contributed by atoms with Crippen LogP contribution in [0.2, 0.25) is 5.02 Å². The highest BCUT2D eigenvalue weighted by Gasteiger charge is 2.08. The van der Waals surface area contributed by atoms with E-state index >= 15 is 0 Å². The molecule has 0 aliphatic carbocycles. The first-order valence-electron chi connectivity index (χ1n) is 6.79. The highest BCUT2D eigenvalue weighted by Crippen LogP contribution is 2.20. The molecule has 2 heterocycles. The van der Waals surface area contributed by atoms with Gasteiger partial charge in [-0.2, -0.15) is 0 Å². The van der Waals surface area contributed by atoms with Gasteiger partial charge >= 0.3 is 0 Å². The highest BCUT2D eigenvalue weighted by atomic mass is 35.5. The van der Waals surface area contributed by atoms with E-state index in [1.807, 2.05) is 18.2 Å². The van der Waals surface area contributed by atoms with Crippen molar-refractivity contribution in [3.8, 4) is 0 Å². The molecule has 3 rings (SSSR count). The summed E-state index contributed by atoms with van der Waals surface area (Å²) in [6.07, 6.45) is 4.25. The van der Waals surface area contributed by atoms with Crippen LogP contribution in [-0.2, 0) is 6.42 Å². The molecule has 20 heavy (non-hydrogen) atoms. The monoisotopic (exact) mass is 305 g/mol. The Labute approximate surface area is 127 Å². The Hall–Kier alpha value is -1.39. The molecular formula is C15H16ClN3S. The second kappa shape index (κ2) is 6.37. The Morgan fingerprint density at radius 3 is 3.05 bits per heavy atom. The molecule has 1 aromatic carbocycles. The third-order valence-corrected chi connectivity index (χ3v) is 4.24. The van der Waals surface area contributed by atoms with Crippen molar-refractivity contribution in [2.75, 3.05) is 11.9 Å². The minimum absolute atomic E-state index is 0.771. The average molecular weight is 306 g/mol. The number of amidine groups is 1. The van der Waals surface area contributed by atoms with E-state index in [2.05, 4.69) is 26.7 Å². The van der Waals surface area contributed by atoms with Gasteiger partial charge in [0.2, 0.25) is 0 Å². The molecule has 0 saturated carbocycles. The summed E-state index contributed by atoms with van der Waals surface area (Å²) >= 11 is 7.63. The Morgan fingerprint density at radius 1 is 1.30 bits per heavy atom. The van der Waals surface area contributed by atoms with E-state index in [1.54, 1.807) is 11.3 Å². The van der Waals surface area contributed by atoms with Crippen molar-refractivity contribution in [2.45, 2.75) is 25.7 Å². The molecule has 3 nitrogen and oxygen atoms in total. The van der Waals surface area contributed by atoms with Gasteiger partial charge in [-0.05, 0) is 30.5 Å². The zero-order chi connectivity index (χ0) is 13.8. The lowest BCUT2D eigenvalue weighted by atomic mass is 10.1. The number of hydrogen-bond donors (Lipinski definition) is 1. The summed E-state index contributed by atoms with van der Waals surface area (Å²) in [5.74, 6) is 1.07. The van der Waals surface area contributed by atoms with Gasteiger partial charge in [-0.3, -0.25) is 4.99 Å². The van der Waals surface area contributed by atoms with Crippen LogP contribution in [0.4, 0.5) is 5.13 Å². The van der Waals surface area contributed by atoms with Crippen LogP contribution in [0.15, 0.2) is 34.6 Å². The molecule has 0 unspecified atom stereocenters. The van der Waals surface area contributed by atoms with E-state index in [0.717, 1.165) is 41.1 Å². The van der Waals surface area contributed by atoms with E-state index in [4.69, 9.17) is 11.6 Å². The number of nitrogens with one attached hydrogen (secondary N) is 1. The standard InChI is InChI=1S/C15H16ClN3S/c16-12-5-3-4-11(8-12)9-13-10-20-15(18-13)19-14-6-1-2-7-17-14/h3-5,8,10H,1-2,6-7,9H2,(H,17,18,19). The van der Waals surface area contributed by atoms with Gasteiger partial charge in [0.15, 0.2) is 5.13 Å². The first-order chi connectivity index (χ1) is 9.79. The third kappa shape index (κ3) is 3.58. The molecular weight excluding hydrogens is 290 g/mol. The van der Waals surface area contributed by atoms with Gasteiger partial charge in [0.25, 0.3) is 0 Å². The quantitative estimate of drug-likeness (QED) is 0.913. The second-order valence-corrected chi connectivity index (χ2v) is 6.16. The summed E-state index contributed by atoms with van der Waals surface area (Å²) in [5, 5.41) is 7.12. The van der Waals surface area contributed by atoms with Crippen LogP contribution in [0.1, 0.15) is 30.5 Å². The van der Waals surface area contributed by atoms with Gasteiger partial charge in [-0.15, -0.1) is 11.3 Å². The maximum Gasteiger partial charge on any atom is 0.188 e. The number of anilines is 1. The van der Waals surface area contributed by atoms with Gasteiger partial charge < -0.3 is 5.32 Å². The largest absolute Gasteiger partial charge is 0.320 e. The first-order valence-corrected chi connectivity index (χ1v) is 8.04. The molecule has 1 N–H and O–H groups in total. The molecule has 0 bridgehead atoms. The molecule has 1 aliphatic heterocycles. The van der Waals surface area contributed by atoms with Crippen LogP contribution in [-0.4, -0.2) is 17.4 Å². The van der Waals surface area contributed by atoms with Gasteiger partial charge in [0.05, 0.1) is 5.69 Å². The lowest BCUT2D eigenvalue weighted by Crippen LogP contribution is -2.15. The summed E-state index contributed by atoms with van der Waals surface area (Å²) in [6, 6.07) is 7.92. The minimum atomic E-state index is 0.771. The molecule has 0 fully saturated rings. The predicted octanol–water partition coefficient (Wildman–Crippen LogP) is 4.38. The predicted molar refractivity (Wildman–Crippen MR) is 86.1 cm³/mol. The molecule has 1 aliphatic rings. The molecule has 0 saturated heterocycles. The van der Waals surface area contributed by atoms with Crippen molar-refractivity contribution in [2.24, 2.45) is 4.99 Å². The molecule has 2 aromatic rings. The topological polar surface area (TPSA) is 37.3 Å². The maximum absolute atomic E-state index is 6.00. The Bertz CT molecular complexity index is 621. The lowest BCUT2D eigenvalue weighted by Gasteiger charge is -2.11. The summed E-state index contributed by atoms with van der Waals surface area (Å²) in [5.41, 5.74) is 2.25. The van der Waals surface area contributed by atoms with E-state index in [1.165, 1.54) is 18.4 Å². The fourth-order valence-electron chi connectivity index (χ4n) is 2.22. The van der Waals surface area contributed by atoms with E-state index in [9.17, 15) is 0 Å². The van der Waals surface area contributed by atoms with E-state index in [0.29, 0.717) is 0 Å². The van der Waals surface area contributed by atoms with Crippen molar-refractivity contribution in [3.63, 3.8) is 0 Å². The number of aliphatic imine (C=N–C) groups is 1. The lowest BCUT2D eigenvalue weighted by molar-refractivity contribution is 0.737. The third-order valence-electron chi connectivity index (χ3n) is 3.20. The normalized spacial score (nSPS) is 14.9. The zero-order valence-corrected chi connectivity index (χ0v) is 12.7. The smallest absolute Gasteiger partial charge is 0.188 e. The SMILES string of the molecule is Clc1cccc(Cc2csc(NC3=NCCCC3)n2)c1. The number of hydrogen-bond acceptors (Lipinski definition) is 4. The molecule has 1 aromatic heterocycles. The Morgan fingerprint density at radius 2 is 2.25 bits per heavy atom. The van der Waals surface area contributed by atoms with E-state index in [-0.39, 0.29) is 0 Å². The Kier molecular flexibility index (Phi) is 4.33. The number of benzene rings is 1. The van der Waals surface area contributed by atoms with Crippen LogP contribution in [0.25, 0.3) is 0 Å². The molecule has 104 valence electrons. The second-order valence-electron chi connectivity index (χ2n) is 4.86. The van der Waals surface area contributed by atoms with Crippen molar-refractivity contribution in [1.82, 2.24) is 4.98 Å². The fourth-order valence-corrected chi connectivity index (χ4v) is 3.17. The van der Waals surface area contributed by atoms with Crippen molar-refractivity contribution in [1.29, 1.82) is 0 Å². The minimum Gasteiger partial charge on any atom is -0.320 e. The molecule has 5 heteroatoms. The first kappa shape index (κ1) is 13.6. The highest BCUT2D eigenvalue weighted by molar-refractivity contribution is 7.13. The summed E-state index contributed by atoms with van der Waals surface area (Å²) in [4.78, 5) is 9.10. The fraction of sp³-hybridized carbons (Fsp3) is 0.333. The van der Waals surface area contributed by atoms with Gasteiger partial charge in [0.1, 0.15) is 5.84 Å². The van der Waals surface area contributed by atoms with Crippen LogP contribution >= 0.6 is 22.9 Å². The van der Waals surface area contributed by atoms with Gasteiger partial charge in [-0.25, -0.2) is 4.98 Å². The number of rotatable bonds is 3. The van der Waals surface area contributed by atoms with Crippen LogP contribution in [0.5, 0.6) is 0 Å². The van der Waals surface area contributed by atoms with E-state index < -0.39 is 0 Å². The van der Waals surface area contributed by atoms with Crippen LogP contribution in [0, 0.1) is 0 Å². The molecule has 0 atom stereocenters. The van der Waals surface area contributed by atoms with Crippen LogP contribution < -0.4 is 5.32 Å². The summed E-state index contributed by atoms with van der Waals surface area (Å²) in [7, 11) is 0. The van der Waals surface area contributed by atoms with Crippen molar-refractivity contribution < 1.29 is 0 Å². The zero-order valence-electron chi connectivity index (χ0n) is 11.1. The number of aromatic nitrogens is 1. The van der Waals surface area contributed by atoms with Gasteiger partial charge in [0, 0.05) is 29.8 Å². The Balaban J connectivity index is 1.66. The van der Waals surface area contributed by atoms with Crippen molar-refractivity contribution in [3.05, 3.63) is 45.9 Å². The maximum atomic E-state index is 6.00. The average Bonchev–Trinajstić information content (AvgIpc) is 2.87. The molecule has 0 amide bonds. The summed E-state index contributed by atoms with van der Waals surface area (Å²) < 4.78 is 0.